The molecule has 1 aromatic carbocycles. The summed E-state index contributed by atoms with van der Waals surface area (Å²) in [4.78, 5) is 12.7. The van der Waals surface area contributed by atoms with Crippen molar-refractivity contribution in [2.45, 2.75) is 23.8 Å². The Labute approximate surface area is 105 Å². The highest BCUT2D eigenvalue weighted by Crippen LogP contribution is 2.35. The van der Waals surface area contributed by atoms with Gasteiger partial charge in [-0.2, -0.15) is 0 Å². The number of hydrogen-bond donors (Lipinski definition) is 0. The Hall–Kier alpha value is -1.16. The van der Waals surface area contributed by atoms with E-state index >= 15 is 0 Å². The summed E-state index contributed by atoms with van der Waals surface area (Å²) >= 11 is 1.68. The van der Waals surface area contributed by atoms with Gasteiger partial charge in [0.1, 0.15) is 5.75 Å². The lowest BCUT2D eigenvalue weighted by atomic mass is 10.2. The molecule has 0 bridgehead atoms. The minimum Gasteiger partial charge on any atom is -0.478 e. The Bertz CT molecular complexity index is 384. The van der Waals surface area contributed by atoms with Crippen molar-refractivity contribution >= 4 is 17.7 Å². The van der Waals surface area contributed by atoms with E-state index in [-0.39, 0.29) is 5.97 Å². The first-order valence-electron chi connectivity index (χ1n) is 5.63. The Morgan fingerprint density at radius 2 is 2.00 bits per heavy atom. The van der Waals surface area contributed by atoms with E-state index in [9.17, 15) is 4.79 Å². The van der Waals surface area contributed by atoms with Crippen LogP contribution in [0.2, 0.25) is 0 Å². The second kappa shape index (κ2) is 5.45. The highest BCUT2D eigenvalue weighted by atomic mass is 32.2. The third-order valence-corrected chi connectivity index (χ3v) is 3.55. The van der Waals surface area contributed by atoms with Crippen molar-refractivity contribution in [2.24, 2.45) is 5.92 Å². The van der Waals surface area contributed by atoms with E-state index in [2.05, 4.69) is 0 Å². The second-order valence-electron chi connectivity index (χ2n) is 4.07. The zero-order valence-electron chi connectivity index (χ0n) is 10.0. The highest BCUT2D eigenvalue weighted by molar-refractivity contribution is 7.98. The van der Waals surface area contributed by atoms with Crippen molar-refractivity contribution in [3.8, 4) is 5.75 Å². The zero-order chi connectivity index (χ0) is 12.3. The summed E-state index contributed by atoms with van der Waals surface area (Å²) in [6, 6.07) is 7.76. The average Bonchev–Trinajstić information content (AvgIpc) is 3.20. The van der Waals surface area contributed by atoms with Gasteiger partial charge in [-0.05, 0) is 43.4 Å². The van der Waals surface area contributed by atoms with Gasteiger partial charge in [-0.1, -0.05) is 0 Å². The van der Waals surface area contributed by atoms with Gasteiger partial charge in [0.15, 0.2) is 6.10 Å². The third kappa shape index (κ3) is 3.16. The summed E-state index contributed by atoms with van der Waals surface area (Å²) in [6.45, 7) is 0. The molecule has 1 atom stereocenters. The van der Waals surface area contributed by atoms with Gasteiger partial charge in [-0.15, -0.1) is 11.8 Å². The summed E-state index contributed by atoms with van der Waals surface area (Å²) in [7, 11) is 1.40. The number of hydrogen-bond acceptors (Lipinski definition) is 4. The molecule has 1 saturated carbocycles. The molecule has 1 aromatic rings. The number of ether oxygens (including phenoxy) is 2. The Kier molecular flexibility index (Phi) is 3.94. The van der Waals surface area contributed by atoms with Gasteiger partial charge < -0.3 is 9.47 Å². The van der Waals surface area contributed by atoms with E-state index in [1.54, 1.807) is 11.8 Å². The van der Waals surface area contributed by atoms with E-state index in [0.29, 0.717) is 5.92 Å². The molecule has 1 fully saturated rings. The Morgan fingerprint density at radius 1 is 1.35 bits per heavy atom. The standard InChI is InChI=1S/C13H16O3S/c1-15-13(14)12(9-3-4-9)16-10-5-7-11(17-2)8-6-10/h5-9,12H,3-4H2,1-2H3. The van der Waals surface area contributed by atoms with Crippen LogP contribution in [0.15, 0.2) is 29.2 Å². The van der Waals surface area contributed by atoms with Gasteiger partial charge in [0.05, 0.1) is 7.11 Å². The van der Waals surface area contributed by atoms with Crippen LogP contribution in [0.1, 0.15) is 12.8 Å². The molecule has 0 radical (unpaired) electrons. The minimum atomic E-state index is -0.444. The molecule has 2 rings (SSSR count). The number of rotatable bonds is 5. The molecule has 0 saturated heterocycles. The maximum atomic E-state index is 11.6. The molecule has 1 aliphatic rings. The summed E-state index contributed by atoms with van der Waals surface area (Å²) < 4.78 is 10.5. The van der Waals surface area contributed by atoms with Crippen LogP contribution in [0.3, 0.4) is 0 Å². The summed E-state index contributed by atoms with van der Waals surface area (Å²) in [5.74, 6) is 0.772. The molecule has 0 N–H and O–H groups in total. The molecule has 0 amide bonds. The van der Waals surface area contributed by atoms with Crippen molar-refractivity contribution in [1.82, 2.24) is 0 Å². The van der Waals surface area contributed by atoms with E-state index in [1.165, 1.54) is 12.0 Å². The van der Waals surface area contributed by atoms with Crippen LogP contribution in [0.4, 0.5) is 0 Å². The molecule has 3 nitrogen and oxygen atoms in total. The first-order chi connectivity index (χ1) is 8.24. The largest absolute Gasteiger partial charge is 0.478 e. The van der Waals surface area contributed by atoms with Crippen LogP contribution >= 0.6 is 11.8 Å². The van der Waals surface area contributed by atoms with Gasteiger partial charge in [0, 0.05) is 10.8 Å². The van der Waals surface area contributed by atoms with E-state index in [0.717, 1.165) is 18.6 Å². The molecule has 0 aromatic heterocycles. The smallest absolute Gasteiger partial charge is 0.347 e. The molecule has 1 unspecified atom stereocenters. The van der Waals surface area contributed by atoms with Gasteiger partial charge in [-0.25, -0.2) is 4.79 Å². The van der Waals surface area contributed by atoms with Crippen LogP contribution in [0, 0.1) is 5.92 Å². The molecule has 4 heteroatoms. The number of carbonyl (C=O) groups excluding carboxylic acids is 1. The SMILES string of the molecule is COC(=O)C(Oc1ccc(SC)cc1)C1CC1. The average molecular weight is 252 g/mol. The van der Waals surface area contributed by atoms with E-state index in [1.807, 2.05) is 30.5 Å². The molecule has 92 valence electrons. The molecule has 0 aliphatic heterocycles. The van der Waals surface area contributed by atoms with Crippen LogP contribution in [-0.2, 0) is 9.53 Å². The molecule has 17 heavy (non-hydrogen) atoms. The maximum Gasteiger partial charge on any atom is 0.347 e. The van der Waals surface area contributed by atoms with Crippen molar-refractivity contribution in [1.29, 1.82) is 0 Å². The minimum absolute atomic E-state index is 0.276. The fourth-order valence-corrected chi connectivity index (χ4v) is 2.06. The quantitative estimate of drug-likeness (QED) is 0.596. The third-order valence-electron chi connectivity index (χ3n) is 2.81. The predicted molar refractivity (Wildman–Crippen MR) is 67.4 cm³/mol. The molecule has 0 heterocycles. The topological polar surface area (TPSA) is 35.5 Å². The number of carbonyl (C=O) groups is 1. The Balaban J connectivity index is 2.03. The molecular formula is C13H16O3S. The van der Waals surface area contributed by atoms with Crippen LogP contribution < -0.4 is 4.74 Å². The summed E-state index contributed by atoms with van der Waals surface area (Å²) in [5, 5.41) is 0. The Morgan fingerprint density at radius 3 is 2.47 bits per heavy atom. The van der Waals surface area contributed by atoms with Crippen LogP contribution in [0.5, 0.6) is 5.75 Å². The van der Waals surface area contributed by atoms with Crippen molar-refractivity contribution in [3.05, 3.63) is 24.3 Å². The van der Waals surface area contributed by atoms with Gasteiger partial charge >= 0.3 is 5.97 Å². The summed E-state index contributed by atoms with van der Waals surface area (Å²) in [6.07, 6.45) is 3.67. The van der Waals surface area contributed by atoms with Crippen molar-refractivity contribution in [2.75, 3.05) is 13.4 Å². The van der Waals surface area contributed by atoms with Gasteiger partial charge in [-0.3, -0.25) is 0 Å². The normalized spacial score (nSPS) is 16.4. The highest BCUT2D eigenvalue weighted by Gasteiger charge is 2.38. The molecule has 1 aliphatic carbocycles. The number of thioether (sulfide) groups is 1. The van der Waals surface area contributed by atoms with Gasteiger partial charge in [0.25, 0.3) is 0 Å². The molecule has 0 spiro atoms. The first-order valence-corrected chi connectivity index (χ1v) is 6.85. The summed E-state index contributed by atoms with van der Waals surface area (Å²) in [5.41, 5.74) is 0. The second-order valence-corrected chi connectivity index (χ2v) is 4.95. The first kappa shape index (κ1) is 12.3. The van der Waals surface area contributed by atoms with Crippen molar-refractivity contribution < 1.29 is 14.3 Å². The number of methoxy groups -OCH3 is 1. The lowest BCUT2D eigenvalue weighted by molar-refractivity contribution is -0.149. The zero-order valence-corrected chi connectivity index (χ0v) is 10.8. The molecular weight excluding hydrogens is 236 g/mol. The fraction of sp³-hybridized carbons (Fsp3) is 0.462. The van der Waals surface area contributed by atoms with Crippen molar-refractivity contribution in [3.63, 3.8) is 0 Å². The number of esters is 1. The van der Waals surface area contributed by atoms with Crippen LogP contribution in [-0.4, -0.2) is 25.4 Å². The van der Waals surface area contributed by atoms with E-state index < -0.39 is 6.10 Å². The predicted octanol–water partition coefficient (Wildman–Crippen LogP) is 2.74. The lowest BCUT2D eigenvalue weighted by Crippen LogP contribution is -2.30. The fourth-order valence-electron chi connectivity index (χ4n) is 1.65. The van der Waals surface area contributed by atoms with E-state index in [4.69, 9.17) is 9.47 Å². The monoisotopic (exact) mass is 252 g/mol. The van der Waals surface area contributed by atoms with Gasteiger partial charge in [0.2, 0.25) is 0 Å². The number of benzene rings is 1. The maximum absolute atomic E-state index is 11.6. The van der Waals surface area contributed by atoms with Crippen LogP contribution in [0.25, 0.3) is 0 Å². The lowest BCUT2D eigenvalue weighted by Gasteiger charge is -2.16.